The molecule has 0 nitrogen and oxygen atoms in total. The Balaban J connectivity index is 2.59. The summed E-state index contributed by atoms with van der Waals surface area (Å²) in [5, 5.41) is 0. The Hall–Kier alpha value is -0.350. The molecule has 0 N–H and O–H groups in total. The minimum Gasteiger partial charge on any atom is -0.0762 e. The van der Waals surface area contributed by atoms with Crippen LogP contribution in [0.1, 0.15) is 19.4 Å². The van der Waals surface area contributed by atoms with Crippen molar-refractivity contribution in [2.75, 3.05) is 0 Å². The minimum absolute atomic E-state index is 0.782. The highest BCUT2D eigenvalue weighted by atomic mass is 31.0. The van der Waals surface area contributed by atoms with Gasteiger partial charge in [-0.05, 0) is 29.5 Å². The number of rotatable bonds is 2. The minimum atomic E-state index is 0.782. The molecule has 1 aromatic heterocycles. The first kappa shape index (κ1) is 7.75. The molecule has 0 saturated carbocycles. The molecule has 0 amide bonds. The van der Waals surface area contributed by atoms with Gasteiger partial charge in [0, 0.05) is 0 Å². The Bertz CT molecular complexity index is 179. The molecule has 0 aliphatic rings. The molecule has 0 saturated heterocycles. The fourth-order valence-corrected chi connectivity index (χ4v) is 1.64. The van der Waals surface area contributed by atoms with E-state index in [0.717, 1.165) is 5.92 Å². The van der Waals surface area contributed by atoms with Gasteiger partial charge in [-0.15, -0.1) is 0 Å². The Morgan fingerprint density at radius 1 is 1.50 bits per heavy atom. The lowest BCUT2D eigenvalue weighted by Gasteiger charge is -2.02. The summed E-state index contributed by atoms with van der Waals surface area (Å²) in [4.78, 5) is 0. The molecule has 0 unspecified atom stereocenters. The SMILES string of the molecule is CC(C)Cc1cccpc1. The highest BCUT2D eigenvalue weighted by molar-refractivity contribution is 7.28. The second kappa shape index (κ2) is 3.73. The molecule has 10 heavy (non-hydrogen) atoms. The van der Waals surface area contributed by atoms with Crippen LogP contribution in [0.2, 0.25) is 0 Å². The molecule has 0 fully saturated rings. The Morgan fingerprint density at radius 2 is 2.30 bits per heavy atom. The lowest BCUT2D eigenvalue weighted by molar-refractivity contribution is 0.648. The molecular weight excluding hydrogens is 139 g/mol. The third-order valence-corrected chi connectivity index (χ3v) is 2.19. The number of hydrogen-bond donors (Lipinski definition) is 0. The van der Waals surface area contributed by atoms with Gasteiger partial charge in [0.25, 0.3) is 0 Å². The topological polar surface area (TPSA) is 0 Å². The molecule has 0 bridgehead atoms. The zero-order valence-corrected chi connectivity index (χ0v) is 7.44. The predicted octanol–water partition coefficient (Wildman–Crippen LogP) is 3.47. The second-order valence-electron chi connectivity index (χ2n) is 2.96. The van der Waals surface area contributed by atoms with Crippen molar-refractivity contribution in [3.63, 3.8) is 0 Å². The van der Waals surface area contributed by atoms with Crippen LogP contribution in [-0.2, 0) is 6.42 Å². The molecule has 1 aromatic rings. The normalized spacial score (nSPS) is 11.1. The van der Waals surface area contributed by atoms with Crippen molar-refractivity contribution < 1.29 is 0 Å². The molecule has 1 heteroatoms. The lowest BCUT2D eigenvalue weighted by Crippen LogP contribution is -1.91. The van der Waals surface area contributed by atoms with E-state index in [0.29, 0.717) is 0 Å². The molecule has 0 aromatic carbocycles. The van der Waals surface area contributed by atoms with Gasteiger partial charge in [-0.3, -0.25) is 0 Å². The van der Waals surface area contributed by atoms with Crippen molar-refractivity contribution in [3.8, 4) is 0 Å². The number of hydrogen-bond acceptors (Lipinski definition) is 0. The van der Waals surface area contributed by atoms with E-state index in [1.807, 2.05) is 0 Å². The summed E-state index contributed by atoms with van der Waals surface area (Å²) < 4.78 is 0. The Labute approximate surface area is 64.4 Å². The van der Waals surface area contributed by atoms with Gasteiger partial charge in [0.1, 0.15) is 0 Å². The van der Waals surface area contributed by atoms with E-state index in [9.17, 15) is 0 Å². The Morgan fingerprint density at radius 3 is 2.80 bits per heavy atom. The summed E-state index contributed by atoms with van der Waals surface area (Å²) >= 11 is 0. The van der Waals surface area contributed by atoms with Crippen LogP contribution in [-0.4, -0.2) is 0 Å². The van der Waals surface area contributed by atoms with Crippen molar-refractivity contribution in [2.24, 2.45) is 5.92 Å². The molecule has 0 aliphatic carbocycles. The zero-order valence-electron chi connectivity index (χ0n) is 6.54. The van der Waals surface area contributed by atoms with E-state index < -0.39 is 0 Å². The zero-order chi connectivity index (χ0) is 7.40. The molecule has 1 heterocycles. The average molecular weight is 152 g/mol. The second-order valence-corrected chi connectivity index (χ2v) is 3.81. The van der Waals surface area contributed by atoms with Gasteiger partial charge in [0.2, 0.25) is 0 Å². The smallest absolute Gasteiger partial charge is 0.0252 e. The summed E-state index contributed by atoms with van der Waals surface area (Å²) in [5.74, 6) is 5.22. The third kappa shape index (κ3) is 2.49. The summed E-state index contributed by atoms with van der Waals surface area (Å²) in [6.07, 6.45) is 1.22. The van der Waals surface area contributed by atoms with E-state index >= 15 is 0 Å². The van der Waals surface area contributed by atoms with E-state index in [-0.39, 0.29) is 0 Å². The molecule has 54 valence electrons. The van der Waals surface area contributed by atoms with Crippen molar-refractivity contribution >= 4 is 8.19 Å². The standard InChI is InChI=1S/C9H13P/c1-8(2)6-9-4-3-5-10-7-9/h3-5,7-8H,6H2,1-2H3. The van der Waals surface area contributed by atoms with Crippen molar-refractivity contribution in [3.05, 3.63) is 29.3 Å². The summed E-state index contributed by atoms with van der Waals surface area (Å²) in [6.45, 7) is 4.51. The first-order valence-corrected chi connectivity index (χ1v) is 4.71. The van der Waals surface area contributed by atoms with Crippen LogP contribution in [0.5, 0.6) is 0 Å². The highest BCUT2D eigenvalue weighted by Gasteiger charge is 1.94. The highest BCUT2D eigenvalue weighted by Crippen LogP contribution is 2.12. The van der Waals surface area contributed by atoms with E-state index in [1.165, 1.54) is 20.2 Å². The predicted molar refractivity (Wildman–Crippen MR) is 47.5 cm³/mol. The van der Waals surface area contributed by atoms with Crippen LogP contribution in [0, 0.1) is 5.92 Å². The molecule has 0 aliphatic heterocycles. The van der Waals surface area contributed by atoms with Crippen LogP contribution in [0.4, 0.5) is 0 Å². The van der Waals surface area contributed by atoms with Crippen molar-refractivity contribution in [1.82, 2.24) is 0 Å². The monoisotopic (exact) mass is 152 g/mol. The van der Waals surface area contributed by atoms with Crippen LogP contribution in [0.25, 0.3) is 0 Å². The lowest BCUT2D eigenvalue weighted by atomic mass is 10.1. The van der Waals surface area contributed by atoms with Crippen LogP contribution < -0.4 is 0 Å². The fourth-order valence-electron chi connectivity index (χ4n) is 0.990. The molecule has 0 radical (unpaired) electrons. The van der Waals surface area contributed by atoms with Gasteiger partial charge in [0.05, 0.1) is 0 Å². The van der Waals surface area contributed by atoms with Gasteiger partial charge in [-0.1, -0.05) is 34.2 Å². The van der Waals surface area contributed by atoms with Gasteiger partial charge in [-0.25, -0.2) is 0 Å². The molecule has 0 spiro atoms. The maximum absolute atomic E-state index is 2.28. The van der Waals surface area contributed by atoms with Crippen LogP contribution in [0.15, 0.2) is 23.7 Å². The Kier molecular flexibility index (Phi) is 2.89. The maximum Gasteiger partial charge on any atom is -0.0252 e. The van der Waals surface area contributed by atoms with E-state index in [4.69, 9.17) is 0 Å². The van der Waals surface area contributed by atoms with Crippen molar-refractivity contribution in [1.29, 1.82) is 0 Å². The summed E-state index contributed by atoms with van der Waals surface area (Å²) in [6, 6.07) is 4.34. The first-order chi connectivity index (χ1) is 4.79. The maximum atomic E-state index is 2.28. The summed E-state index contributed by atoms with van der Waals surface area (Å²) in [7, 11) is 1.34. The van der Waals surface area contributed by atoms with E-state index in [2.05, 4.69) is 37.6 Å². The van der Waals surface area contributed by atoms with E-state index in [1.54, 1.807) is 0 Å². The average Bonchev–Trinajstić information content (AvgIpc) is 1.88. The molecular formula is C9H13P. The molecule has 0 atom stereocenters. The van der Waals surface area contributed by atoms with Crippen LogP contribution in [0.3, 0.4) is 0 Å². The summed E-state index contributed by atoms with van der Waals surface area (Å²) in [5.41, 5.74) is 1.49. The van der Waals surface area contributed by atoms with Gasteiger partial charge in [0.15, 0.2) is 0 Å². The van der Waals surface area contributed by atoms with Gasteiger partial charge < -0.3 is 0 Å². The van der Waals surface area contributed by atoms with Gasteiger partial charge >= 0.3 is 0 Å². The van der Waals surface area contributed by atoms with Gasteiger partial charge in [-0.2, -0.15) is 0 Å². The third-order valence-electron chi connectivity index (χ3n) is 1.37. The fraction of sp³-hybridized carbons (Fsp3) is 0.444. The quantitative estimate of drug-likeness (QED) is 0.608. The van der Waals surface area contributed by atoms with Crippen molar-refractivity contribution in [2.45, 2.75) is 20.3 Å². The largest absolute Gasteiger partial charge is 0.0762 e. The van der Waals surface area contributed by atoms with Crippen LogP contribution >= 0.6 is 8.19 Å². The first-order valence-electron chi connectivity index (χ1n) is 3.68. The molecule has 1 rings (SSSR count).